The highest BCUT2D eigenvalue weighted by atomic mass is 79.9. The third-order valence-electron chi connectivity index (χ3n) is 5.61. The molecular formula is C22H21BrN6. The molecule has 1 saturated heterocycles. The number of nitrogen functional groups attached to an aromatic ring is 1. The number of H-pyrrole nitrogens is 1. The molecule has 0 aliphatic carbocycles. The fraction of sp³-hybridized carbons (Fsp3) is 0.227. The summed E-state index contributed by atoms with van der Waals surface area (Å²) in [6.45, 7) is 2.07. The number of nitrogens with zero attached hydrogens (tertiary/aromatic N) is 3. The fourth-order valence-electron chi connectivity index (χ4n) is 4.04. The van der Waals surface area contributed by atoms with Gasteiger partial charge in [-0.1, -0.05) is 22.0 Å². The van der Waals surface area contributed by atoms with Crippen molar-refractivity contribution >= 4 is 32.5 Å². The van der Waals surface area contributed by atoms with Gasteiger partial charge < -0.3 is 11.1 Å². The summed E-state index contributed by atoms with van der Waals surface area (Å²) in [4.78, 5) is 9.11. The molecule has 0 spiro atoms. The smallest absolute Gasteiger partial charge is 0.132 e. The van der Waals surface area contributed by atoms with Gasteiger partial charge in [0.25, 0.3) is 0 Å². The molecule has 0 atom stereocenters. The third kappa shape index (κ3) is 3.52. The normalized spacial score (nSPS) is 15.1. The molecule has 0 saturated carbocycles. The van der Waals surface area contributed by atoms with Crippen LogP contribution in [0.1, 0.15) is 24.5 Å². The van der Waals surface area contributed by atoms with Crippen molar-refractivity contribution in [2.75, 3.05) is 18.8 Å². The lowest BCUT2D eigenvalue weighted by Crippen LogP contribution is -2.27. The molecular weight excluding hydrogens is 428 g/mol. The average Bonchev–Trinajstić information content (AvgIpc) is 3.24. The van der Waals surface area contributed by atoms with E-state index in [1.54, 1.807) is 0 Å². The second-order valence-electron chi connectivity index (χ2n) is 7.44. The minimum atomic E-state index is 0.477. The second-order valence-corrected chi connectivity index (χ2v) is 8.36. The highest BCUT2D eigenvalue weighted by Crippen LogP contribution is 2.35. The molecule has 3 aromatic heterocycles. The van der Waals surface area contributed by atoms with E-state index in [0.717, 1.165) is 63.6 Å². The summed E-state index contributed by atoms with van der Waals surface area (Å²) >= 11 is 3.51. The maximum atomic E-state index is 6.23. The second kappa shape index (κ2) is 7.57. The van der Waals surface area contributed by atoms with Crippen molar-refractivity contribution < 1.29 is 0 Å². The fourth-order valence-corrected chi connectivity index (χ4v) is 4.41. The van der Waals surface area contributed by atoms with E-state index in [1.807, 2.05) is 24.7 Å². The molecule has 4 N–H and O–H groups in total. The molecule has 146 valence electrons. The van der Waals surface area contributed by atoms with Crippen LogP contribution in [0.2, 0.25) is 0 Å². The predicted molar refractivity (Wildman–Crippen MR) is 120 cm³/mol. The van der Waals surface area contributed by atoms with Gasteiger partial charge in [-0.15, -0.1) is 0 Å². The van der Waals surface area contributed by atoms with Crippen molar-refractivity contribution in [3.8, 4) is 22.4 Å². The maximum Gasteiger partial charge on any atom is 0.132 e. The van der Waals surface area contributed by atoms with Crippen molar-refractivity contribution in [3.63, 3.8) is 0 Å². The predicted octanol–water partition coefficient (Wildman–Crippen LogP) is 4.50. The molecule has 4 heterocycles. The van der Waals surface area contributed by atoms with Gasteiger partial charge in [0.1, 0.15) is 5.82 Å². The Hall–Kier alpha value is -2.77. The van der Waals surface area contributed by atoms with Crippen LogP contribution in [0, 0.1) is 0 Å². The monoisotopic (exact) mass is 448 g/mol. The number of anilines is 1. The van der Waals surface area contributed by atoms with Crippen LogP contribution in [0.15, 0.2) is 53.4 Å². The van der Waals surface area contributed by atoms with Crippen molar-refractivity contribution in [3.05, 3.63) is 59.1 Å². The van der Waals surface area contributed by atoms with Crippen LogP contribution >= 0.6 is 15.9 Å². The molecule has 5 rings (SSSR count). The van der Waals surface area contributed by atoms with Gasteiger partial charge in [0.2, 0.25) is 0 Å². The zero-order valence-corrected chi connectivity index (χ0v) is 17.4. The first-order valence-electron chi connectivity index (χ1n) is 9.74. The van der Waals surface area contributed by atoms with Crippen LogP contribution in [0.5, 0.6) is 0 Å². The Labute approximate surface area is 177 Å². The molecule has 1 fully saturated rings. The van der Waals surface area contributed by atoms with E-state index in [4.69, 9.17) is 5.73 Å². The Bertz CT molecular complexity index is 1180. The Balaban J connectivity index is 1.56. The van der Waals surface area contributed by atoms with Crippen LogP contribution < -0.4 is 11.1 Å². The molecule has 1 aromatic carbocycles. The van der Waals surface area contributed by atoms with E-state index in [9.17, 15) is 0 Å². The van der Waals surface area contributed by atoms with E-state index >= 15 is 0 Å². The van der Waals surface area contributed by atoms with Gasteiger partial charge in [0.05, 0.1) is 11.9 Å². The summed E-state index contributed by atoms with van der Waals surface area (Å²) in [6.07, 6.45) is 7.80. The number of hydrogen-bond donors (Lipinski definition) is 3. The molecule has 1 aliphatic heterocycles. The van der Waals surface area contributed by atoms with Crippen molar-refractivity contribution in [2.24, 2.45) is 0 Å². The number of nitrogens with one attached hydrogen (secondary N) is 2. The Morgan fingerprint density at radius 2 is 1.79 bits per heavy atom. The van der Waals surface area contributed by atoms with E-state index in [0.29, 0.717) is 11.7 Å². The van der Waals surface area contributed by atoms with Gasteiger partial charge in [0, 0.05) is 50.6 Å². The van der Waals surface area contributed by atoms with Gasteiger partial charge in [-0.2, -0.15) is 5.10 Å². The maximum absolute atomic E-state index is 6.23. The van der Waals surface area contributed by atoms with Crippen LogP contribution in [0.3, 0.4) is 0 Å². The average molecular weight is 449 g/mol. The highest BCUT2D eigenvalue weighted by molar-refractivity contribution is 9.10. The van der Waals surface area contributed by atoms with Crippen LogP contribution in [0.4, 0.5) is 5.82 Å². The quantitative estimate of drug-likeness (QED) is 0.429. The lowest BCUT2D eigenvalue weighted by atomic mass is 9.90. The van der Waals surface area contributed by atoms with E-state index in [-0.39, 0.29) is 0 Å². The van der Waals surface area contributed by atoms with Crippen LogP contribution in [-0.2, 0) is 0 Å². The van der Waals surface area contributed by atoms with Gasteiger partial charge >= 0.3 is 0 Å². The number of rotatable bonds is 3. The zero-order chi connectivity index (χ0) is 19.8. The summed E-state index contributed by atoms with van der Waals surface area (Å²) in [7, 11) is 0. The molecule has 7 heteroatoms. The molecule has 0 bridgehead atoms. The molecule has 0 unspecified atom stereocenters. The molecule has 0 amide bonds. The van der Waals surface area contributed by atoms with Gasteiger partial charge in [-0.3, -0.25) is 10.1 Å². The zero-order valence-electron chi connectivity index (χ0n) is 15.8. The largest absolute Gasteiger partial charge is 0.383 e. The van der Waals surface area contributed by atoms with Gasteiger partial charge in [0.15, 0.2) is 0 Å². The van der Waals surface area contributed by atoms with Crippen molar-refractivity contribution in [2.45, 2.75) is 18.8 Å². The SMILES string of the molecule is Nc1ncc(-c2cn[nH]c2C2CCNCC2)cc1-c1cc2ccc(Br)cc2cn1. The Kier molecular flexibility index (Phi) is 4.77. The number of hydrogen-bond acceptors (Lipinski definition) is 5. The standard InChI is InChI=1S/C22H21BrN6/c23-17-2-1-14-9-20(26-10-15(14)7-17)18-8-16(11-27-22(18)24)19-12-28-29-21(19)13-3-5-25-6-4-13/h1-2,7-13,25H,3-6H2,(H2,24,27)(H,28,29). The van der Waals surface area contributed by atoms with Crippen LogP contribution in [-0.4, -0.2) is 33.3 Å². The number of piperidine rings is 1. The Morgan fingerprint density at radius 3 is 2.66 bits per heavy atom. The number of nitrogens with two attached hydrogens (primary N) is 1. The van der Waals surface area contributed by atoms with Crippen molar-refractivity contribution in [1.29, 1.82) is 0 Å². The first-order chi connectivity index (χ1) is 14.2. The molecule has 6 nitrogen and oxygen atoms in total. The van der Waals surface area contributed by atoms with Gasteiger partial charge in [-0.05, 0) is 55.6 Å². The van der Waals surface area contributed by atoms with Gasteiger partial charge in [-0.25, -0.2) is 4.98 Å². The Morgan fingerprint density at radius 1 is 0.931 bits per heavy atom. The van der Waals surface area contributed by atoms with E-state index in [1.165, 1.54) is 5.69 Å². The van der Waals surface area contributed by atoms with Crippen LogP contribution in [0.25, 0.3) is 33.2 Å². The highest BCUT2D eigenvalue weighted by Gasteiger charge is 2.21. The summed E-state index contributed by atoms with van der Waals surface area (Å²) in [6, 6.07) is 10.3. The van der Waals surface area contributed by atoms with E-state index in [2.05, 4.69) is 65.7 Å². The summed E-state index contributed by atoms with van der Waals surface area (Å²) < 4.78 is 1.04. The first-order valence-corrected chi connectivity index (χ1v) is 10.5. The third-order valence-corrected chi connectivity index (χ3v) is 6.10. The number of halogens is 1. The van der Waals surface area contributed by atoms with E-state index < -0.39 is 0 Å². The summed E-state index contributed by atoms with van der Waals surface area (Å²) in [5, 5.41) is 13.2. The number of aromatic nitrogens is 4. The molecule has 4 aromatic rings. The lowest BCUT2D eigenvalue weighted by molar-refractivity contribution is 0.453. The molecule has 1 aliphatic rings. The van der Waals surface area contributed by atoms with Crippen molar-refractivity contribution in [1.82, 2.24) is 25.5 Å². The minimum Gasteiger partial charge on any atom is -0.383 e. The lowest BCUT2D eigenvalue weighted by Gasteiger charge is -2.22. The molecule has 29 heavy (non-hydrogen) atoms. The minimum absolute atomic E-state index is 0.477. The summed E-state index contributed by atoms with van der Waals surface area (Å²) in [5.41, 5.74) is 11.2. The number of fused-ring (bicyclic) bond motifs is 1. The number of pyridine rings is 2. The number of benzene rings is 1. The number of aromatic amines is 1. The topological polar surface area (TPSA) is 92.5 Å². The summed E-state index contributed by atoms with van der Waals surface area (Å²) in [5.74, 6) is 0.955. The molecule has 0 radical (unpaired) electrons. The first kappa shape index (κ1) is 18.3.